The molecular weight excluding hydrogens is 226 g/mol. The van der Waals surface area contributed by atoms with Gasteiger partial charge in [-0.05, 0) is 12.8 Å². The molecule has 2 atom stereocenters. The number of ether oxygens (including phenoxy) is 1. The lowest BCUT2D eigenvalue weighted by atomic mass is 10.1. The van der Waals surface area contributed by atoms with Crippen molar-refractivity contribution in [2.75, 3.05) is 19.8 Å². The van der Waals surface area contributed by atoms with Gasteiger partial charge in [-0.3, -0.25) is 0 Å². The Hall–Kier alpha value is -0.560. The maximum Gasteiger partial charge on any atom is 0.0897 e. The molecule has 3 heteroatoms. The molecule has 0 radical (unpaired) electrons. The Balaban J connectivity index is 3.41. The second kappa shape index (κ2) is 12.9. The Labute approximate surface area is 112 Å². The Morgan fingerprint density at radius 2 is 2.06 bits per heavy atom. The molecule has 0 aromatic rings. The van der Waals surface area contributed by atoms with Crippen LogP contribution >= 0.6 is 0 Å². The van der Waals surface area contributed by atoms with E-state index in [0.717, 1.165) is 19.4 Å². The molecule has 0 aliphatic rings. The van der Waals surface area contributed by atoms with Gasteiger partial charge in [0.2, 0.25) is 0 Å². The predicted octanol–water partition coefficient (Wildman–Crippen LogP) is 2.34. The zero-order valence-corrected chi connectivity index (χ0v) is 12.0. The van der Waals surface area contributed by atoms with E-state index >= 15 is 0 Å². The van der Waals surface area contributed by atoms with Crippen molar-refractivity contribution in [2.45, 2.75) is 64.5 Å². The molecule has 0 amide bonds. The third-order valence-electron chi connectivity index (χ3n) is 2.95. The fourth-order valence-electron chi connectivity index (χ4n) is 1.72. The highest BCUT2D eigenvalue weighted by atomic mass is 16.5. The third kappa shape index (κ3) is 10.6. The van der Waals surface area contributed by atoms with E-state index in [1.807, 2.05) is 0 Å². The number of unbranched alkanes of at least 4 members (excludes halogenated alkanes) is 3. The third-order valence-corrected chi connectivity index (χ3v) is 2.95. The summed E-state index contributed by atoms with van der Waals surface area (Å²) >= 11 is 0. The number of rotatable bonds is 12. The molecule has 2 unspecified atom stereocenters. The zero-order valence-electron chi connectivity index (χ0n) is 12.0. The molecule has 0 spiro atoms. The van der Waals surface area contributed by atoms with Crippen molar-refractivity contribution in [1.82, 2.24) is 5.32 Å². The van der Waals surface area contributed by atoms with Gasteiger partial charge >= 0.3 is 0 Å². The highest BCUT2D eigenvalue weighted by Gasteiger charge is 2.08. The van der Waals surface area contributed by atoms with Crippen LogP contribution in [-0.2, 0) is 4.74 Å². The van der Waals surface area contributed by atoms with Gasteiger partial charge in [0.1, 0.15) is 0 Å². The van der Waals surface area contributed by atoms with Crippen LogP contribution in [0.4, 0.5) is 0 Å². The van der Waals surface area contributed by atoms with Gasteiger partial charge in [-0.1, -0.05) is 33.1 Å². The Morgan fingerprint density at radius 1 is 1.28 bits per heavy atom. The van der Waals surface area contributed by atoms with Crippen LogP contribution in [0.1, 0.15) is 52.4 Å². The summed E-state index contributed by atoms with van der Waals surface area (Å²) in [6, 6.07) is 0.300. The van der Waals surface area contributed by atoms with E-state index in [1.54, 1.807) is 0 Å². The van der Waals surface area contributed by atoms with Gasteiger partial charge in [-0.2, -0.15) is 0 Å². The largest absolute Gasteiger partial charge is 0.389 e. The summed E-state index contributed by atoms with van der Waals surface area (Å²) in [5.41, 5.74) is 0. The summed E-state index contributed by atoms with van der Waals surface area (Å²) in [4.78, 5) is 0. The number of aliphatic hydroxyl groups excluding tert-OH is 1. The summed E-state index contributed by atoms with van der Waals surface area (Å²) in [5.74, 6) is 2.64. The van der Waals surface area contributed by atoms with Crippen LogP contribution in [0.15, 0.2) is 0 Å². The van der Waals surface area contributed by atoms with E-state index in [-0.39, 0.29) is 0 Å². The highest BCUT2D eigenvalue weighted by molar-refractivity contribution is 4.89. The smallest absolute Gasteiger partial charge is 0.0897 e. The molecule has 0 rings (SSSR count). The number of nitrogens with one attached hydrogen (secondary N) is 1. The molecule has 0 saturated heterocycles. The topological polar surface area (TPSA) is 41.5 Å². The molecule has 0 aliphatic heterocycles. The molecule has 106 valence electrons. The van der Waals surface area contributed by atoms with Gasteiger partial charge in [0.05, 0.1) is 12.7 Å². The molecule has 18 heavy (non-hydrogen) atoms. The molecule has 2 N–H and O–H groups in total. The van der Waals surface area contributed by atoms with Gasteiger partial charge in [0, 0.05) is 25.6 Å². The summed E-state index contributed by atoms with van der Waals surface area (Å²) in [5, 5.41) is 13.0. The van der Waals surface area contributed by atoms with Gasteiger partial charge < -0.3 is 15.2 Å². The van der Waals surface area contributed by atoms with Gasteiger partial charge in [-0.15, -0.1) is 12.3 Å². The first kappa shape index (κ1) is 17.4. The monoisotopic (exact) mass is 255 g/mol. The van der Waals surface area contributed by atoms with E-state index in [2.05, 4.69) is 25.1 Å². The summed E-state index contributed by atoms with van der Waals surface area (Å²) < 4.78 is 5.44. The minimum atomic E-state index is -0.442. The molecular formula is C15H29NO2. The van der Waals surface area contributed by atoms with Crippen molar-refractivity contribution in [3.8, 4) is 12.3 Å². The number of terminal acetylenes is 1. The molecule has 0 aromatic carbocycles. The van der Waals surface area contributed by atoms with Crippen LogP contribution in [0.3, 0.4) is 0 Å². The fourth-order valence-corrected chi connectivity index (χ4v) is 1.72. The van der Waals surface area contributed by atoms with Crippen molar-refractivity contribution in [1.29, 1.82) is 0 Å². The predicted molar refractivity (Wildman–Crippen MR) is 76.5 cm³/mol. The minimum absolute atomic E-state index is 0.300. The highest BCUT2D eigenvalue weighted by Crippen LogP contribution is 2.00. The van der Waals surface area contributed by atoms with Crippen LogP contribution in [0.5, 0.6) is 0 Å². The Kier molecular flexibility index (Phi) is 12.5. The van der Waals surface area contributed by atoms with Gasteiger partial charge in [-0.25, -0.2) is 0 Å². The fraction of sp³-hybridized carbons (Fsp3) is 0.867. The first-order valence-electron chi connectivity index (χ1n) is 7.17. The van der Waals surface area contributed by atoms with E-state index in [9.17, 15) is 5.11 Å². The normalized spacial score (nSPS) is 14.1. The molecule has 0 heterocycles. The average Bonchev–Trinajstić information content (AvgIpc) is 2.38. The van der Waals surface area contributed by atoms with Crippen LogP contribution in [0.2, 0.25) is 0 Å². The summed E-state index contributed by atoms with van der Waals surface area (Å²) in [6.07, 6.45) is 11.3. The van der Waals surface area contributed by atoms with Crippen molar-refractivity contribution in [3.63, 3.8) is 0 Å². The molecule has 0 aromatic heterocycles. The first-order valence-corrected chi connectivity index (χ1v) is 7.17. The Bertz CT molecular complexity index is 213. The maximum absolute atomic E-state index is 9.73. The van der Waals surface area contributed by atoms with Crippen molar-refractivity contribution < 1.29 is 9.84 Å². The average molecular weight is 255 g/mol. The second-order valence-corrected chi connectivity index (χ2v) is 4.71. The zero-order chi connectivity index (χ0) is 13.6. The summed E-state index contributed by atoms with van der Waals surface area (Å²) in [6.45, 7) is 5.99. The molecule has 0 aliphatic carbocycles. The molecule has 0 fully saturated rings. The van der Waals surface area contributed by atoms with Crippen molar-refractivity contribution >= 4 is 0 Å². The molecule has 3 nitrogen and oxygen atoms in total. The van der Waals surface area contributed by atoms with Crippen molar-refractivity contribution in [3.05, 3.63) is 0 Å². The molecule has 0 bridgehead atoms. The lowest BCUT2D eigenvalue weighted by Crippen LogP contribution is -2.37. The van der Waals surface area contributed by atoms with Gasteiger partial charge in [0.25, 0.3) is 0 Å². The SMILES string of the molecule is C#CCC(CC)NCC(O)COCCCCCC. The number of hydrogen-bond acceptors (Lipinski definition) is 3. The van der Waals surface area contributed by atoms with Gasteiger partial charge in [0.15, 0.2) is 0 Å². The first-order chi connectivity index (χ1) is 8.74. The van der Waals surface area contributed by atoms with Crippen molar-refractivity contribution in [2.24, 2.45) is 0 Å². The number of hydrogen-bond donors (Lipinski definition) is 2. The second-order valence-electron chi connectivity index (χ2n) is 4.71. The summed E-state index contributed by atoms with van der Waals surface area (Å²) in [7, 11) is 0. The van der Waals surface area contributed by atoms with E-state index < -0.39 is 6.10 Å². The lowest BCUT2D eigenvalue weighted by Gasteiger charge is -2.17. The van der Waals surface area contributed by atoms with Crippen LogP contribution in [0.25, 0.3) is 0 Å². The van der Waals surface area contributed by atoms with Crippen LogP contribution in [-0.4, -0.2) is 37.0 Å². The van der Waals surface area contributed by atoms with E-state index in [1.165, 1.54) is 19.3 Å². The minimum Gasteiger partial charge on any atom is -0.389 e. The van der Waals surface area contributed by atoms with Crippen LogP contribution < -0.4 is 5.32 Å². The Morgan fingerprint density at radius 3 is 2.67 bits per heavy atom. The van der Waals surface area contributed by atoms with Crippen LogP contribution in [0, 0.1) is 12.3 Å². The quantitative estimate of drug-likeness (QED) is 0.415. The van der Waals surface area contributed by atoms with E-state index in [4.69, 9.17) is 11.2 Å². The standard InChI is InChI=1S/C15H29NO2/c1-4-7-8-9-11-18-13-15(17)12-16-14(6-3)10-5-2/h2,14-17H,4,6-13H2,1,3H3. The lowest BCUT2D eigenvalue weighted by molar-refractivity contribution is 0.0341. The van der Waals surface area contributed by atoms with E-state index in [0.29, 0.717) is 25.6 Å². The molecule has 0 saturated carbocycles. The maximum atomic E-state index is 9.73. The number of aliphatic hydroxyl groups is 1.